The van der Waals surface area contributed by atoms with Crippen LogP contribution in [0, 0.1) is 0 Å². The van der Waals surface area contributed by atoms with Crippen LogP contribution in [0.4, 0.5) is 0 Å². The number of aromatic nitrogens is 2. The van der Waals surface area contributed by atoms with Crippen LogP contribution in [-0.4, -0.2) is 9.55 Å². The van der Waals surface area contributed by atoms with Gasteiger partial charge in [0, 0.05) is 4.47 Å². The molecule has 2 aromatic rings. The van der Waals surface area contributed by atoms with Gasteiger partial charge in [-0.05, 0) is 24.1 Å². The molecule has 1 heterocycles. The van der Waals surface area contributed by atoms with Crippen LogP contribution in [0.5, 0.6) is 0 Å². The number of rotatable bonds is 3. The van der Waals surface area contributed by atoms with Gasteiger partial charge in [0.2, 0.25) is 0 Å². The van der Waals surface area contributed by atoms with E-state index < -0.39 is 5.69 Å². The second kappa shape index (κ2) is 5.75. The first-order valence-corrected chi connectivity index (χ1v) is 6.96. The van der Waals surface area contributed by atoms with Crippen molar-refractivity contribution in [2.75, 3.05) is 0 Å². The molecule has 0 spiro atoms. The van der Waals surface area contributed by atoms with Gasteiger partial charge in [0.15, 0.2) is 0 Å². The first-order valence-electron chi connectivity index (χ1n) is 5.79. The fourth-order valence-corrected chi connectivity index (χ4v) is 2.37. The highest BCUT2D eigenvalue weighted by molar-refractivity contribution is 9.10. The van der Waals surface area contributed by atoms with Gasteiger partial charge in [-0.2, -0.15) is 0 Å². The summed E-state index contributed by atoms with van der Waals surface area (Å²) >= 11 is 9.19. The van der Waals surface area contributed by atoms with Gasteiger partial charge in [-0.3, -0.25) is 14.3 Å². The van der Waals surface area contributed by atoms with Gasteiger partial charge in [0.1, 0.15) is 5.15 Å². The predicted molar refractivity (Wildman–Crippen MR) is 79.0 cm³/mol. The summed E-state index contributed by atoms with van der Waals surface area (Å²) in [4.78, 5) is 26.5. The van der Waals surface area contributed by atoms with E-state index in [2.05, 4.69) is 20.9 Å². The highest BCUT2D eigenvalue weighted by atomic mass is 79.9. The third-order valence-corrected chi connectivity index (χ3v) is 3.69. The summed E-state index contributed by atoms with van der Waals surface area (Å²) in [7, 11) is 0. The van der Waals surface area contributed by atoms with Crippen LogP contribution in [-0.2, 0) is 13.0 Å². The fraction of sp³-hybridized carbons (Fsp3) is 0.231. The predicted octanol–water partition coefficient (Wildman–Crippen LogP) is 2.56. The summed E-state index contributed by atoms with van der Waals surface area (Å²) < 4.78 is 2.11. The molecule has 0 saturated heterocycles. The minimum absolute atomic E-state index is 0.129. The van der Waals surface area contributed by atoms with E-state index in [1.165, 1.54) is 0 Å². The zero-order valence-corrected chi connectivity index (χ0v) is 12.6. The largest absolute Gasteiger partial charge is 0.329 e. The van der Waals surface area contributed by atoms with Gasteiger partial charge < -0.3 is 0 Å². The Hall–Kier alpha value is -1.33. The monoisotopic (exact) mass is 342 g/mol. The molecule has 0 radical (unpaired) electrons. The molecule has 19 heavy (non-hydrogen) atoms. The molecule has 1 aromatic carbocycles. The van der Waals surface area contributed by atoms with E-state index in [4.69, 9.17) is 11.6 Å². The number of H-pyrrole nitrogens is 1. The Morgan fingerprint density at radius 1 is 1.26 bits per heavy atom. The van der Waals surface area contributed by atoms with E-state index >= 15 is 0 Å². The highest BCUT2D eigenvalue weighted by Gasteiger charge is 2.11. The number of halogens is 2. The van der Waals surface area contributed by atoms with Gasteiger partial charge in [-0.25, -0.2) is 4.79 Å². The van der Waals surface area contributed by atoms with Crippen LogP contribution in [0.1, 0.15) is 18.1 Å². The number of hydrogen-bond donors (Lipinski definition) is 1. The molecule has 4 nitrogen and oxygen atoms in total. The molecule has 100 valence electrons. The van der Waals surface area contributed by atoms with Crippen LogP contribution in [0.2, 0.25) is 5.15 Å². The maximum atomic E-state index is 12.2. The molecule has 0 unspecified atom stereocenters. The van der Waals surface area contributed by atoms with Crippen LogP contribution in [0.3, 0.4) is 0 Å². The SMILES string of the molecule is CCc1c(Cl)[nH]c(=O)n(Cc2ccc(Br)cc2)c1=O. The Kier molecular flexibility index (Phi) is 4.27. The van der Waals surface area contributed by atoms with Crippen LogP contribution in [0.15, 0.2) is 38.3 Å². The van der Waals surface area contributed by atoms with Gasteiger partial charge in [0.05, 0.1) is 12.1 Å². The Morgan fingerprint density at radius 3 is 2.47 bits per heavy atom. The third-order valence-electron chi connectivity index (χ3n) is 2.84. The zero-order valence-electron chi connectivity index (χ0n) is 10.2. The van der Waals surface area contributed by atoms with Crippen LogP contribution < -0.4 is 11.2 Å². The van der Waals surface area contributed by atoms with Gasteiger partial charge in [0.25, 0.3) is 5.56 Å². The van der Waals surface area contributed by atoms with Crippen molar-refractivity contribution < 1.29 is 0 Å². The first kappa shape index (κ1) is 14.1. The molecule has 2 rings (SSSR count). The topological polar surface area (TPSA) is 54.9 Å². The molecule has 0 atom stereocenters. The lowest BCUT2D eigenvalue weighted by molar-refractivity contribution is 0.686. The summed E-state index contributed by atoms with van der Waals surface area (Å²) in [6, 6.07) is 7.45. The van der Waals surface area contributed by atoms with Crippen molar-refractivity contribution in [2.24, 2.45) is 0 Å². The van der Waals surface area contributed by atoms with Crippen molar-refractivity contribution >= 4 is 27.5 Å². The van der Waals surface area contributed by atoms with Gasteiger partial charge in [-0.15, -0.1) is 0 Å². The van der Waals surface area contributed by atoms with E-state index in [1.54, 1.807) is 0 Å². The standard InChI is InChI=1S/C13H12BrClN2O2/c1-2-10-11(15)16-13(19)17(12(10)18)7-8-3-5-9(14)6-4-8/h3-6H,2,7H2,1H3,(H,16,19). The number of benzene rings is 1. The molecular formula is C13H12BrClN2O2. The zero-order chi connectivity index (χ0) is 14.0. The van der Waals surface area contributed by atoms with Crippen molar-refractivity contribution in [1.82, 2.24) is 9.55 Å². The molecule has 0 bridgehead atoms. The molecule has 6 heteroatoms. The quantitative estimate of drug-likeness (QED) is 0.871. The summed E-state index contributed by atoms with van der Waals surface area (Å²) in [5, 5.41) is 0.129. The summed E-state index contributed by atoms with van der Waals surface area (Å²) in [6.45, 7) is 2.05. The highest BCUT2D eigenvalue weighted by Crippen LogP contribution is 2.11. The second-order valence-corrected chi connectivity index (χ2v) is 5.39. The van der Waals surface area contributed by atoms with Gasteiger partial charge in [-0.1, -0.05) is 46.6 Å². The first-order chi connectivity index (χ1) is 9.02. The van der Waals surface area contributed by atoms with Crippen molar-refractivity contribution in [3.05, 3.63) is 65.9 Å². The number of nitrogens with one attached hydrogen (secondary N) is 1. The molecule has 0 aliphatic carbocycles. The lowest BCUT2D eigenvalue weighted by atomic mass is 10.2. The summed E-state index contributed by atoms with van der Waals surface area (Å²) in [5.74, 6) is 0. The average molecular weight is 344 g/mol. The lowest BCUT2D eigenvalue weighted by Crippen LogP contribution is -2.37. The summed E-state index contributed by atoms with van der Waals surface area (Å²) in [6.07, 6.45) is 0.481. The average Bonchev–Trinajstić information content (AvgIpc) is 2.37. The molecule has 0 saturated carbocycles. The van der Waals surface area contributed by atoms with Crippen molar-refractivity contribution in [3.8, 4) is 0 Å². The molecule has 0 aliphatic heterocycles. The Morgan fingerprint density at radius 2 is 1.89 bits per heavy atom. The number of aromatic amines is 1. The Labute approximate surface area is 123 Å². The summed E-state index contributed by atoms with van der Waals surface area (Å²) in [5.41, 5.74) is 0.479. The molecule has 1 N–H and O–H groups in total. The Balaban J connectivity index is 2.49. The molecule has 0 amide bonds. The van der Waals surface area contributed by atoms with Crippen LogP contribution in [0.25, 0.3) is 0 Å². The minimum Gasteiger partial charge on any atom is -0.297 e. The maximum Gasteiger partial charge on any atom is 0.329 e. The third kappa shape index (κ3) is 2.98. The van der Waals surface area contributed by atoms with E-state index in [1.807, 2.05) is 31.2 Å². The van der Waals surface area contributed by atoms with E-state index in [9.17, 15) is 9.59 Å². The fourth-order valence-electron chi connectivity index (χ4n) is 1.81. The molecule has 1 aromatic heterocycles. The second-order valence-electron chi connectivity index (χ2n) is 4.09. The minimum atomic E-state index is -0.491. The van der Waals surface area contributed by atoms with Crippen molar-refractivity contribution in [3.63, 3.8) is 0 Å². The number of hydrogen-bond acceptors (Lipinski definition) is 2. The van der Waals surface area contributed by atoms with Crippen molar-refractivity contribution in [1.29, 1.82) is 0 Å². The number of nitrogens with zero attached hydrogens (tertiary/aromatic N) is 1. The van der Waals surface area contributed by atoms with Crippen molar-refractivity contribution in [2.45, 2.75) is 19.9 Å². The van der Waals surface area contributed by atoms with Gasteiger partial charge >= 0.3 is 5.69 Å². The van der Waals surface area contributed by atoms with Crippen LogP contribution >= 0.6 is 27.5 Å². The Bertz CT molecular complexity index is 704. The molecular weight excluding hydrogens is 332 g/mol. The smallest absolute Gasteiger partial charge is 0.297 e. The maximum absolute atomic E-state index is 12.2. The molecule has 0 fully saturated rings. The normalized spacial score (nSPS) is 10.7. The van der Waals surface area contributed by atoms with E-state index in [-0.39, 0.29) is 17.3 Å². The van der Waals surface area contributed by atoms with E-state index in [0.717, 1.165) is 14.6 Å². The van der Waals surface area contributed by atoms with E-state index in [0.29, 0.717) is 12.0 Å². The molecule has 0 aliphatic rings. The lowest BCUT2D eigenvalue weighted by Gasteiger charge is -2.08.